The van der Waals surface area contributed by atoms with E-state index in [1.807, 2.05) is 0 Å². The fraction of sp³-hybridized carbons (Fsp3) is 0. The monoisotopic (exact) mass is 354 g/mol. The summed E-state index contributed by atoms with van der Waals surface area (Å²) in [6.45, 7) is 0. The second-order valence-corrected chi connectivity index (χ2v) is 5.14. The molecule has 1 aromatic carbocycles. The lowest BCUT2D eigenvalue weighted by Gasteiger charge is -2.07. The minimum Gasteiger partial charge on any atom is -0.477 e. The first kappa shape index (κ1) is 14.5. The van der Waals surface area contributed by atoms with Crippen LogP contribution < -0.4 is 5.32 Å². The zero-order valence-electron chi connectivity index (χ0n) is 9.93. The number of carboxylic acids is 1. The van der Waals surface area contributed by atoms with E-state index in [1.54, 1.807) is 18.2 Å². The van der Waals surface area contributed by atoms with Gasteiger partial charge in [0, 0.05) is 16.4 Å². The van der Waals surface area contributed by atoms with Crippen LogP contribution in [0.4, 0.5) is 5.69 Å². The van der Waals surface area contributed by atoms with Crippen molar-refractivity contribution in [3.05, 3.63) is 57.3 Å². The Bertz CT molecular complexity index is 691. The Morgan fingerprint density at radius 3 is 2.70 bits per heavy atom. The molecule has 1 heterocycles. The largest absolute Gasteiger partial charge is 0.477 e. The summed E-state index contributed by atoms with van der Waals surface area (Å²) in [7, 11) is 0. The van der Waals surface area contributed by atoms with E-state index in [0.717, 1.165) is 0 Å². The Labute approximate surface area is 127 Å². The topological polar surface area (TPSA) is 79.3 Å². The number of pyridine rings is 1. The molecule has 7 heteroatoms. The van der Waals surface area contributed by atoms with E-state index in [1.165, 1.54) is 18.3 Å². The molecule has 2 aromatic rings. The van der Waals surface area contributed by atoms with Crippen LogP contribution in [0.1, 0.15) is 20.8 Å². The van der Waals surface area contributed by atoms with Crippen LogP contribution in [0.2, 0.25) is 5.02 Å². The Kier molecular flexibility index (Phi) is 4.36. The first-order valence-corrected chi connectivity index (χ1v) is 6.60. The van der Waals surface area contributed by atoms with Gasteiger partial charge in [-0.2, -0.15) is 0 Å². The molecule has 2 N–H and O–H groups in total. The zero-order valence-corrected chi connectivity index (χ0v) is 12.3. The first-order chi connectivity index (χ1) is 9.47. The van der Waals surface area contributed by atoms with Crippen LogP contribution in [0.25, 0.3) is 0 Å². The molecule has 0 saturated carbocycles. The lowest BCUT2D eigenvalue weighted by molar-refractivity contribution is 0.0690. The van der Waals surface area contributed by atoms with Gasteiger partial charge in [0.25, 0.3) is 5.91 Å². The zero-order chi connectivity index (χ0) is 14.7. The molecular formula is C13H8BrClN2O3. The summed E-state index contributed by atoms with van der Waals surface area (Å²) >= 11 is 9.21. The van der Waals surface area contributed by atoms with Gasteiger partial charge in [-0.05, 0) is 30.3 Å². The number of carbonyl (C=O) groups is 2. The molecule has 1 aromatic heterocycles. The van der Waals surface area contributed by atoms with Gasteiger partial charge in [0.1, 0.15) is 5.69 Å². The van der Waals surface area contributed by atoms with Crippen molar-refractivity contribution in [1.82, 2.24) is 4.98 Å². The number of hydrogen-bond acceptors (Lipinski definition) is 3. The van der Waals surface area contributed by atoms with Crippen molar-refractivity contribution < 1.29 is 14.7 Å². The van der Waals surface area contributed by atoms with Crippen molar-refractivity contribution >= 4 is 45.1 Å². The number of hydrogen-bond donors (Lipinski definition) is 2. The summed E-state index contributed by atoms with van der Waals surface area (Å²) in [6.07, 6.45) is 1.31. The van der Waals surface area contributed by atoms with Gasteiger partial charge in [-0.1, -0.05) is 27.5 Å². The Hall–Kier alpha value is -1.92. The number of nitrogens with zero attached hydrogens (tertiary/aromatic N) is 1. The van der Waals surface area contributed by atoms with Gasteiger partial charge in [-0.3, -0.25) is 4.79 Å². The molecule has 0 aliphatic carbocycles. The van der Waals surface area contributed by atoms with Crippen LogP contribution in [0.5, 0.6) is 0 Å². The number of carbonyl (C=O) groups excluding carboxylic acids is 1. The lowest BCUT2D eigenvalue weighted by atomic mass is 10.2. The smallest absolute Gasteiger partial charge is 0.354 e. The highest BCUT2D eigenvalue weighted by Gasteiger charge is 2.12. The molecule has 2 rings (SSSR count). The lowest BCUT2D eigenvalue weighted by Crippen LogP contribution is -2.13. The standard InChI is InChI=1S/C13H8BrClN2O3/c14-7-1-2-10(15)9(5-7)12(18)17-8-3-4-16-11(6-8)13(19)20/h1-6H,(H,19,20)(H,16,17,18). The van der Waals surface area contributed by atoms with Crippen LogP contribution in [0, 0.1) is 0 Å². The van der Waals surface area contributed by atoms with E-state index in [4.69, 9.17) is 16.7 Å². The minimum atomic E-state index is -1.17. The molecule has 0 spiro atoms. The van der Waals surface area contributed by atoms with Crippen molar-refractivity contribution in [2.24, 2.45) is 0 Å². The van der Waals surface area contributed by atoms with E-state index >= 15 is 0 Å². The van der Waals surface area contributed by atoms with E-state index in [0.29, 0.717) is 15.2 Å². The highest BCUT2D eigenvalue weighted by molar-refractivity contribution is 9.10. The molecule has 0 aliphatic heterocycles. The Morgan fingerprint density at radius 2 is 2.00 bits per heavy atom. The molecule has 0 saturated heterocycles. The number of amides is 1. The molecule has 20 heavy (non-hydrogen) atoms. The molecule has 5 nitrogen and oxygen atoms in total. The highest BCUT2D eigenvalue weighted by atomic mass is 79.9. The Morgan fingerprint density at radius 1 is 1.25 bits per heavy atom. The van der Waals surface area contributed by atoms with Gasteiger partial charge in [-0.25, -0.2) is 9.78 Å². The third-order valence-electron chi connectivity index (χ3n) is 2.41. The predicted molar refractivity (Wildman–Crippen MR) is 78.3 cm³/mol. The molecule has 0 atom stereocenters. The Balaban J connectivity index is 2.25. The SMILES string of the molecule is O=C(O)c1cc(NC(=O)c2cc(Br)ccc2Cl)ccn1. The fourth-order valence-corrected chi connectivity index (χ4v) is 2.06. The van der Waals surface area contributed by atoms with E-state index in [2.05, 4.69) is 26.2 Å². The minimum absolute atomic E-state index is 0.150. The molecule has 1 amide bonds. The van der Waals surface area contributed by atoms with Crippen LogP contribution >= 0.6 is 27.5 Å². The number of nitrogens with one attached hydrogen (secondary N) is 1. The average molecular weight is 356 g/mol. The van der Waals surface area contributed by atoms with Crippen molar-refractivity contribution in [3.63, 3.8) is 0 Å². The van der Waals surface area contributed by atoms with E-state index < -0.39 is 11.9 Å². The molecule has 0 bridgehead atoms. The van der Waals surface area contributed by atoms with Crippen molar-refractivity contribution in [2.45, 2.75) is 0 Å². The normalized spacial score (nSPS) is 10.1. The molecule has 0 radical (unpaired) electrons. The molecular weight excluding hydrogens is 348 g/mol. The second kappa shape index (κ2) is 6.02. The van der Waals surface area contributed by atoms with Crippen LogP contribution in [-0.4, -0.2) is 22.0 Å². The maximum Gasteiger partial charge on any atom is 0.354 e. The van der Waals surface area contributed by atoms with E-state index in [9.17, 15) is 9.59 Å². The maximum atomic E-state index is 12.1. The molecule has 0 fully saturated rings. The third kappa shape index (κ3) is 3.34. The summed E-state index contributed by atoms with van der Waals surface area (Å²) < 4.78 is 0.716. The first-order valence-electron chi connectivity index (χ1n) is 5.43. The third-order valence-corrected chi connectivity index (χ3v) is 3.23. The maximum absolute atomic E-state index is 12.1. The average Bonchev–Trinajstić information content (AvgIpc) is 2.41. The molecule has 102 valence electrons. The number of anilines is 1. The van der Waals surface area contributed by atoms with Crippen LogP contribution in [0.15, 0.2) is 41.0 Å². The van der Waals surface area contributed by atoms with Gasteiger partial charge in [0.15, 0.2) is 0 Å². The van der Waals surface area contributed by atoms with Gasteiger partial charge in [-0.15, -0.1) is 0 Å². The summed E-state index contributed by atoms with van der Waals surface area (Å²) in [6, 6.07) is 7.66. The summed E-state index contributed by atoms with van der Waals surface area (Å²) in [4.78, 5) is 26.6. The number of carboxylic acid groups (broad SMARTS) is 1. The molecule has 0 aliphatic rings. The summed E-state index contributed by atoms with van der Waals surface area (Å²) in [5.41, 5.74) is 0.469. The summed E-state index contributed by atoms with van der Waals surface area (Å²) in [5.74, 6) is -1.60. The van der Waals surface area contributed by atoms with Crippen molar-refractivity contribution in [1.29, 1.82) is 0 Å². The predicted octanol–water partition coefficient (Wildman–Crippen LogP) is 3.45. The highest BCUT2D eigenvalue weighted by Crippen LogP contribution is 2.22. The molecule has 0 unspecified atom stereocenters. The quantitative estimate of drug-likeness (QED) is 0.884. The second-order valence-electron chi connectivity index (χ2n) is 3.81. The number of aromatic carboxylic acids is 1. The van der Waals surface area contributed by atoms with Gasteiger partial charge >= 0.3 is 5.97 Å². The van der Waals surface area contributed by atoms with Gasteiger partial charge < -0.3 is 10.4 Å². The number of benzene rings is 1. The van der Waals surface area contributed by atoms with Crippen LogP contribution in [0.3, 0.4) is 0 Å². The number of halogens is 2. The number of rotatable bonds is 3. The van der Waals surface area contributed by atoms with Crippen LogP contribution in [-0.2, 0) is 0 Å². The van der Waals surface area contributed by atoms with Gasteiger partial charge in [0.05, 0.1) is 10.6 Å². The van der Waals surface area contributed by atoms with Crippen molar-refractivity contribution in [2.75, 3.05) is 5.32 Å². The summed E-state index contributed by atoms with van der Waals surface area (Å²) in [5, 5.41) is 11.7. The van der Waals surface area contributed by atoms with Gasteiger partial charge in [0.2, 0.25) is 0 Å². The fourth-order valence-electron chi connectivity index (χ4n) is 1.50. The number of aromatic nitrogens is 1. The van der Waals surface area contributed by atoms with Crippen molar-refractivity contribution in [3.8, 4) is 0 Å². The van der Waals surface area contributed by atoms with E-state index in [-0.39, 0.29) is 11.3 Å².